The quantitative estimate of drug-likeness (QED) is 0.252. The Morgan fingerprint density at radius 2 is 1.72 bits per heavy atom. The van der Waals surface area contributed by atoms with Gasteiger partial charge in [-0.25, -0.2) is 4.98 Å². The summed E-state index contributed by atoms with van der Waals surface area (Å²) in [5, 5.41) is 4.26. The normalized spacial score (nSPS) is 13.9. The van der Waals surface area contributed by atoms with E-state index in [-0.39, 0.29) is 17.5 Å². The van der Waals surface area contributed by atoms with Crippen LogP contribution in [0.5, 0.6) is 0 Å². The monoisotopic (exact) mass is 497 g/mol. The number of carbonyl (C=O) groups excluding carboxylic acids is 1. The number of carbonyl (C=O) groups is 1. The average Bonchev–Trinajstić information content (AvgIpc) is 3.35. The molecule has 0 bridgehead atoms. The summed E-state index contributed by atoms with van der Waals surface area (Å²) in [5.74, 6) is 0.593. The third-order valence-electron chi connectivity index (χ3n) is 6.87. The molecule has 0 aliphatic heterocycles. The Bertz CT molecular complexity index is 1480. The lowest BCUT2D eigenvalue weighted by molar-refractivity contribution is 0.0938. The van der Waals surface area contributed by atoms with Crippen LogP contribution in [0.1, 0.15) is 58.3 Å². The van der Waals surface area contributed by atoms with Crippen molar-refractivity contribution in [2.45, 2.75) is 63.4 Å². The minimum atomic E-state index is -0.125. The first-order valence-electron chi connectivity index (χ1n) is 12.5. The summed E-state index contributed by atoms with van der Waals surface area (Å²) in [6.07, 6.45) is 4.36. The minimum Gasteiger partial charge on any atom is -0.349 e. The Kier molecular flexibility index (Phi) is 6.97. The van der Waals surface area contributed by atoms with Crippen LogP contribution >= 0.6 is 11.8 Å². The van der Waals surface area contributed by atoms with E-state index in [0.29, 0.717) is 27.4 Å². The number of aryl methyl sites for hydroxylation is 3. The maximum atomic E-state index is 13.8. The van der Waals surface area contributed by atoms with E-state index in [0.717, 1.165) is 42.5 Å². The van der Waals surface area contributed by atoms with E-state index in [2.05, 4.69) is 30.4 Å². The summed E-state index contributed by atoms with van der Waals surface area (Å²) in [4.78, 5) is 31.7. The van der Waals surface area contributed by atoms with Crippen molar-refractivity contribution in [3.05, 3.63) is 98.8 Å². The van der Waals surface area contributed by atoms with Crippen LogP contribution < -0.4 is 10.9 Å². The van der Waals surface area contributed by atoms with Gasteiger partial charge in [-0.1, -0.05) is 54.9 Å². The molecule has 5 nitrogen and oxygen atoms in total. The molecule has 6 heteroatoms. The van der Waals surface area contributed by atoms with Crippen molar-refractivity contribution in [3.63, 3.8) is 0 Å². The molecule has 0 unspecified atom stereocenters. The molecule has 0 atom stereocenters. The summed E-state index contributed by atoms with van der Waals surface area (Å²) in [6, 6.07) is 19.9. The zero-order chi connectivity index (χ0) is 25.2. The number of hydrogen-bond donors (Lipinski definition) is 1. The number of aromatic nitrogens is 2. The number of thioether (sulfide) groups is 1. The summed E-state index contributed by atoms with van der Waals surface area (Å²) < 4.78 is 1.71. The van der Waals surface area contributed by atoms with Gasteiger partial charge in [0.2, 0.25) is 0 Å². The van der Waals surface area contributed by atoms with Gasteiger partial charge in [0.25, 0.3) is 11.5 Å². The first-order chi connectivity index (χ1) is 17.4. The second-order valence-corrected chi connectivity index (χ2v) is 10.7. The molecule has 3 aromatic carbocycles. The van der Waals surface area contributed by atoms with Gasteiger partial charge in [0.15, 0.2) is 5.16 Å². The van der Waals surface area contributed by atoms with E-state index < -0.39 is 0 Å². The summed E-state index contributed by atoms with van der Waals surface area (Å²) in [7, 11) is 0. The maximum Gasteiger partial charge on any atom is 0.266 e. The van der Waals surface area contributed by atoms with Gasteiger partial charge in [0.1, 0.15) is 0 Å². The number of rotatable bonds is 6. The Labute approximate surface area is 216 Å². The molecule has 1 aliphatic carbocycles. The molecule has 184 valence electrons. The highest BCUT2D eigenvalue weighted by molar-refractivity contribution is 7.98. The van der Waals surface area contributed by atoms with Crippen molar-refractivity contribution >= 4 is 28.6 Å². The molecule has 1 N–H and O–H groups in total. The van der Waals surface area contributed by atoms with Gasteiger partial charge in [-0.15, -0.1) is 0 Å². The predicted molar refractivity (Wildman–Crippen MR) is 147 cm³/mol. The number of amides is 1. The van der Waals surface area contributed by atoms with E-state index in [1.165, 1.54) is 11.1 Å². The minimum absolute atomic E-state index is 0.0989. The first kappa shape index (κ1) is 24.3. The molecule has 36 heavy (non-hydrogen) atoms. The Balaban J connectivity index is 1.59. The van der Waals surface area contributed by atoms with Crippen molar-refractivity contribution in [2.75, 3.05) is 0 Å². The molecule has 1 amide bonds. The molecule has 0 saturated heterocycles. The van der Waals surface area contributed by atoms with E-state index in [1.807, 2.05) is 38.1 Å². The standard InChI is InChI=1S/C30H31N3O2S/c1-19-14-20(2)16-25(15-19)33-29(35)26-13-12-22(28(34)31-24-10-6-7-11-24)17-27(26)32-30(33)36-18-23-9-5-4-8-21(23)3/h4-5,8-9,12-17,24H,6-7,10-11,18H2,1-3H3,(H,31,34). The summed E-state index contributed by atoms with van der Waals surface area (Å²) in [6.45, 7) is 6.16. The number of nitrogens with zero attached hydrogens (tertiary/aromatic N) is 2. The largest absolute Gasteiger partial charge is 0.349 e. The van der Waals surface area contributed by atoms with Gasteiger partial charge in [-0.05, 0) is 86.2 Å². The lowest BCUT2D eigenvalue weighted by Gasteiger charge is -2.16. The molecule has 1 heterocycles. The van der Waals surface area contributed by atoms with Crippen LogP contribution in [0, 0.1) is 20.8 Å². The van der Waals surface area contributed by atoms with E-state index in [4.69, 9.17) is 4.98 Å². The molecule has 4 aromatic rings. The fourth-order valence-corrected chi connectivity index (χ4v) is 6.05. The van der Waals surface area contributed by atoms with E-state index in [1.54, 1.807) is 34.5 Å². The molecule has 1 fully saturated rings. The van der Waals surface area contributed by atoms with Crippen LogP contribution in [0.3, 0.4) is 0 Å². The lowest BCUT2D eigenvalue weighted by Crippen LogP contribution is -2.32. The first-order valence-corrected chi connectivity index (χ1v) is 13.5. The van der Waals surface area contributed by atoms with E-state index >= 15 is 0 Å². The Morgan fingerprint density at radius 1 is 1.00 bits per heavy atom. The second-order valence-electron chi connectivity index (χ2n) is 9.78. The van der Waals surface area contributed by atoms with Crippen LogP contribution in [0.15, 0.2) is 70.6 Å². The molecule has 5 rings (SSSR count). The van der Waals surface area contributed by atoms with Crippen molar-refractivity contribution in [3.8, 4) is 5.69 Å². The molecule has 0 radical (unpaired) electrons. The van der Waals surface area contributed by atoms with Crippen LogP contribution in [0.2, 0.25) is 0 Å². The highest BCUT2D eigenvalue weighted by Crippen LogP contribution is 2.27. The van der Waals surface area contributed by atoms with Crippen LogP contribution in [0.4, 0.5) is 0 Å². The lowest BCUT2D eigenvalue weighted by atomic mass is 10.1. The zero-order valence-electron chi connectivity index (χ0n) is 21.0. The number of hydrogen-bond acceptors (Lipinski definition) is 4. The zero-order valence-corrected chi connectivity index (χ0v) is 21.8. The fourth-order valence-electron chi connectivity index (χ4n) is 4.96. The predicted octanol–water partition coefficient (Wildman–Crippen LogP) is 6.28. The molecular formula is C30H31N3O2S. The van der Waals surface area contributed by atoms with Crippen LogP contribution in [0.25, 0.3) is 16.6 Å². The van der Waals surface area contributed by atoms with Gasteiger partial charge < -0.3 is 5.32 Å². The van der Waals surface area contributed by atoms with Gasteiger partial charge in [0.05, 0.1) is 16.6 Å². The average molecular weight is 498 g/mol. The molecular weight excluding hydrogens is 466 g/mol. The number of nitrogens with one attached hydrogen (secondary N) is 1. The SMILES string of the molecule is Cc1cc(C)cc(-n2c(SCc3ccccc3C)nc3cc(C(=O)NC4CCCC4)ccc3c2=O)c1. The van der Waals surface area contributed by atoms with Crippen LogP contribution in [-0.4, -0.2) is 21.5 Å². The van der Waals surface area contributed by atoms with Crippen molar-refractivity contribution in [1.82, 2.24) is 14.9 Å². The van der Waals surface area contributed by atoms with Gasteiger partial charge in [0, 0.05) is 17.4 Å². The van der Waals surface area contributed by atoms with Gasteiger partial charge >= 0.3 is 0 Å². The molecule has 1 aromatic heterocycles. The third-order valence-corrected chi connectivity index (χ3v) is 7.86. The van der Waals surface area contributed by atoms with Crippen molar-refractivity contribution in [2.24, 2.45) is 0 Å². The Morgan fingerprint density at radius 3 is 2.44 bits per heavy atom. The van der Waals surface area contributed by atoms with Crippen LogP contribution in [-0.2, 0) is 5.75 Å². The number of benzene rings is 3. The topological polar surface area (TPSA) is 64.0 Å². The second kappa shape index (κ2) is 10.3. The fraction of sp³-hybridized carbons (Fsp3) is 0.300. The van der Waals surface area contributed by atoms with Gasteiger partial charge in [-0.3, -0.25) is 14.2 Å². The molecule has 1 aliphatic rings. The Hall–Kier alpha value is -3.38. The van der Waals surface area contributed by atoms with Crippen molar-refractivity contribution in [1.29, 1.82) is 0 Å². The van der Waals surface area contributed by atoms with E-state index in [9.17, 15) is 9.59 Å². The third kappa shape index (κ3) is 5.09. The number of fused-ring (bicyclic) bond motifs is 1. The summed E-state index contributed by atoms with van der Waals surface area (Å²) in [5.41, 5.74) is 6.36. The highest BCUT2D eigenvalue weighted by Gasteiger charge is 2.20. The van der Waals surface area contributed by atoms with Crippen molar-refractivity contribution < 1.29 is 4.79 Å². The highest BCUT2D eigenvalue weighted by atomic mass is 32.2. The summed E-state index contributed by atoms with van der Waals surface area (Å²) >= 11 is 1.54. The van der Waals surface area contributed by atoms with Gasteiger partial charge in [-0.2, -0.15) is 0 Å². The maximum absolute atomic E-state index is 13.8. The molecule has 1 saturated carbocycles. The smallest absolute Gasteiger partial charge is 0.266 e. The molecule has 0 spiro atoms.